The first kappa shape index (κ1) is 16.3. The van der Waals surface area contributed by atoms with Crippen LogP contribution in [0.1, 0.15) is 33.7 Å². The Morgan fingerprint density at radius 2 is 1.08 bits per heavy atom. The van der Waals surface area contributed by atoms with Crippen LogP contribution in [-0.4, -0.2) is 0 Å². The third kappa shape index (κ3) is 3.51. The van der Waals surface area contributed by atoms with Crippen molar-refractivity contribution in [3.63, 3.8) is 0 Å². The molecule has 0 heterocycles. The van der Waals surface area contributed by atoms with E-state index in [2.05, 4.69) is 0 Å². The monoisotopic (exact) mass is 326 g/mol. The predicted molar refractivity (Wildman–Crippen MR) is 90.0 cm³/mol. The molecule has 0 nitrogen and oxygen atoms in total. The average Bonchev–Trinajstić information content (AvgIpc) is 2.58. The minimum atomic E-state index is -4.31. The van der Waals surface area contributed by atoms with Gasteiger partial charge < -0.3 is 0 Å². The number of hydrogen-bond donors (Lipinski definition) is 0. The third-order valence-corrected chi connectivity index (χ3v) is 4.11. The minimum Gasteiger partial charge on any atom is -0.166 e. The summed E-state index contributed by atoms with van der Waals surface area (Å²) in [4.78, 5) is 0. The minimum absolute atomic E-state index is 0.0888. The fourth-order valence-corrected chi connectivity index (χ4v) is 2.85. The maximum atomic E-state index is 12.8. The van der Waals surface area contributed by atoms with Crippen LogP contribution in [0.15, 0.2) is 78.9 Å². The second-order valence-corrected chi connectivity index (χ2v) is 5.87. The molecule has 0 aliphatic rings. The lowest BCUT2D eigenvalue weighted by Gasteiger charge is -2.20. The zero-order chi connectivity index (χ0) is 17.2. The zero-order valence-corrected chi connectivity index (χ0v) is 13.2. The lowest BCUT2D eigenvalue weighted by Crippen LogP contribution is -2.07. The van der Waals surface area contributed by atoms with Crippen LogP contribution in [0.25, 0.3) is 0 Å². The van der Waals surface area contributed by atoms with Crippen molar-refractivity contribution in [2.75, 3.05) is 0 Å². The first-order valence-electron chi connectivity index (χ1n) is 7.74. The summed E-state index contributed by atoms with van der Waals surface area (Å²) >= 11 is 0. The highest BCUT2D eigenvalue weighted by atomic mass is 19.4. The van der Waals surface area contributed by atoms with Crippen molar-refractivity contribution in [3.05, 3.63) is 107 Å². The van der Waals surface area contributed by atoms with Crippen LogP contribution in [-0.2, 0) is 6.18 Å². The molecular weight excluding hydrogens is 309 g/mol. The molecule has 0 N–H and O–H groups in total. The number of rotatable bonds is 3. The number of benzene rings is 3. The summed E-state index contributed by atoms with van der Waals surface area (Å²) in [6.07, 6.45) is -4.31. The lowest BCUT2D eigenvalue weighted by atomic mass is 9.84. The second kappa shape index (κ2) is 6.52. The smallest absolute Gasteiger partial charge is 0.166 e. The highest BCUT2D eigenvalue weighted by Crippen LogP contribution is 2.35. The van der Waals surface area contributed by atoms with E-state index >= 15 is 0 Å². The van der Waals surface area contributed by atoms with Gasteiger partial charge in [0, 0.05) is 5.92 Å². The fraction of sp³-hybridized carbons (Fsp3) is 0.143. The van der Waals surface area contributed by atoms with Crippen LogP contribution < -0.4 is 0 Å². The number of halogens is 3. The summed E-state index contributed by atoms with van der Waals surface area (Å²) in [5.74, 6) is -0.0888. The van der Waals surface area contributed by atoms with Crippen molar-refractivity contribution in [1.82, 2.24) is 0 Å². The van der Waals surface area contributed by atoms with Crippen LogP contribution in [0.2, 0.25) is 0 Å². The molecule has 0 aromatic heterocycles. The van der Waals surface area contributed by atoms with Crippen LogP contribution in [0, 0.1) is 6.92 Å². The normalized spacial score (nSPS) is 12.8. The Balaban J connectivity index is 2.06. The maximum Gasteiger partial charge on any atom is 0.416 e. The van der Waals surface area contributed by atoms with E-state index in [4.69, 9.17) is 0 Å². The molecule has 0 saturated carbocycles. The van der Waals surface area contributed by atoms with Gasteiger partial charge in [0.1, 0.15) is 0 Å². The van der Waals surface area contributed by atoms with Crippen LogP contribution in [0.4, 0.5) is 13.2 Å². The summed E-state index contributed by atoms with van der Waals surface area (Å²) in [5.41, 5.74) is 3.49. The molecule has 0 spiro atoms. The summed E-state index contributed by atoms with van der Waals surface area (Å²) in [5, 5.41) is 0. The molecule has 0 aliphatic heterocycles. The van der Waals surface area contributed by atoms with Gasteiger partial charge in [0.25, 0.3) is 0 Å². The van der Waals surface area contributed by atoms with E-state index < -0.39 is 11.7 Å². The van der Waals surface area contributed by atoms with Gasteiger partial charge in [-0.3, -0.25) is 0 Å². The average molecular weight is 326 g/mol. The molecular formula is C21H17F3. The zero-order valence-electron chi connectivity index (χ0n) is 13.2. The number of hydrogen-bond acceptors (Lipinski definition) is 0. The summed E-state index contributed by atoms with van der Waals surface area (Å²) in [6.45, 7) is 2.01. The molecule has 0 saturated heterocycles. The molecule has 0 fully saturated rings. The summed E-state index contributed by atoms with van der Waals surface area (Å²) in [6, 6.07) is 23.4. The molecule has 3 heteroatoms. The Bertz CT molecular complexity index is 785. The van der Waals surface area contributed by atoms with Gasteiger partial charge in [-0.2, -0.15) is 13.2 Å². The van der Waals surface area contributed by atoms with Gasteiger partial charge >= 0.3 is 6.18 Å². The molecule has 0 aliphatic carbocycles. The molecule has 1 unspecified atom stereocenters. The van der Waals surface area contributed by atoms with E-state index in [0.717, 1.165) is 34.4 Å². The Hall–Kier alpha value is -2.55. The maximum absolute atomic E-state index is 12.8. The Morgan fingerprint density at radius 3 is 1.58 bits per heavy atom. The van der Waals surface area contributed by atoms with Gasteiger partial charge in [0.05, 0.1) is 5.56 Å². The molecule has 3 aromatic carbocycles. The molecule has 0 amide bonds. The van der Waals surface area contributed by atoms with E-state index in [9.17, 15) is 13.2 Å². The highest BCUT2D eigenvalue weighted by molar-refractivity contribution is 5.44. The van der Waals surface area contributed by atoms with Gasteiger partial charge in [-0.15, -0.1) is 0 Å². The largest absolute Gasteiger partial charge is 0.416 e. The lowest BCUT2D eigenvalue weighted by molar-refractivity contribution is -0.137. The summed E-state index contributed by atoms with van der Waals surface area (Å²) < 4.78 is 38.4. The van der Waals surface area contributed by atoms with E-state index in [0.29, 0.717) is 0 Å². The van der Waals surface area contributed by atoms with Gasteiger partial charge in [-0.25, -0.2) is 0 Å². The van der Waals surface area contributed by atoms with Gasteiger partial charge in [-0.05, 0) is 35.7 Å². The molecule has 3 rings (SSSR count). The molecule has 0 bridgehead atoms. The first-order chi connectivity index (χ1) is 11.4. The molecule has 1 atom stereocenters. The summed E-state index contributed by atoms with van der Waals surface area (Å²) in [7, 11) is 0. The van der Waals surface area contributed by atoms with E-state index in [1.807, 2.05) is 61.5 Å². The second-order valence-electron chi connectivity index (χ2n) is 5.87. The standard InChI is InChI=1S/C21H17F3/c1-15-7-9-17(10-8-15)20(16-5-3-2-4-6-16)18-11-13-19(14-12-18)21(22,23)24/h2-14,20H,1H3. The van der Waals surface area contributed by atoms with Crippen molar-refractivity contribution in [3.8, 4) is 0 Å². The van der Waals surface area contributed by atoms with Crippen molar-refractivity contribution < 1.29 is 13.2 Å². The van der Waals surface area contributed by atoms with Gasteiger partial charge in [-0.1, -0.05) is 72.3 Å². The number of aryl methyl sites for hydroxylation is 1. The van der Waals surface area contributed by atoms with Crippen molar-refractivity contribution in [2.24, 2.45) is 0 Å². The highest BCUT2D eigenvalue weighted by Gasteiger charge is 2.30. The first-order valence-corrected chi connectivity index (χ1v) is 7.74. The van der Waals surface area contributed by atoms with Crippen LogP contribution >= 0.6 is 0 Å². The Kier molecular flexibility index (Phi) is 4.43. The molecule has 0 radical (unpaired) electrons. The Morgan fingerprint density at radius 1 is 0.625 bits per heavy atom. The SMILES string of the molecule is Cc1ccc(C(c2ccccc2)c2ccc(C(F)(F)F)cc2)cc1. The van der Waals surface area contributed by atoms with Crippen molar-refractivity contribution >= 4 is 0 Å². The molecule has 122 valence electrons. The van der Waals surface area contributed by atoms with Crippen LogP contribution in [0.3, 0.4) is 0 Å². The molecule has 3 aromatic rings. The number of alkyl halides is 3. The van der Waals surface area contributed by atoms with E-state index in [1.54, 1.807) is 12.1 Å². The van der Waals surface area contributed by atoms with Crippen LogP contribution in [0.5, 0.6) is 0 Å². The van der Waals surface area contributed by atoms with Gasteiger partial charge in [0.2, 0.25) is 0 Å². The predicted octanol–water partition coefficient (Wildman–Crippen LogP) is 6.19. The van der Waals surface area contributed by atoms with E-state index in [1.165, 1.54) is 0 Å². The molecule has 24 heavy (non-hydrogen) atoms. The topological polar surface area (TPSA) is 0 Å². The fourth-order valence-electron chi connectivity index (χ4n) is 2.85. The van der Waals surface area contributed by atoms with Gasteiger partial charge in [0.15, 0.2) is 0 Å². The quantitative estimate of drug-likeness (QED) is 0.503. The third-order valence-electron chi connectivity index (χ3n) is 4.11. The van der Waals surface area contributed by atoms with Crippen molar-refractivity contribution in [1.29, 1.82) is 0 Å². The Labute approximate surface area is 139 Å². The van der Waals surface area contributed by atoms with E-state index in [-0.39, 0.29) is 5.92 Å². The van der Waals surface area contributed by atoms with Crippen molar-refractivity contribution in [2.45, 2.75) is 19.0 Å².